The Morgan fingerprint density at radius 3 is 0.911 bits per heavy atom. The van der Waals surface area contributed by atoms with Gasteiger partial charge in [-0.15, -0.1) is 0 Å². The molecule has 2 atom stereocenters. The van der Waals surface area contributed by atoms with Gasteiger partial charge in [-0.3, -0.25) is 19.6 Å². The average Bonchev–Trinajstić information content (AvgIpc) is 3.15. The van der Waals surface area contributed by atoms with Gasteiger partial charge in [0.05, 0.1) is 24.2 Å². The Bertz CT molecular complexity index is 978. The van der Waals surface area contributed by atoms with Gasteiger partial charge in [0.1, 0.15) is 0 Å². The number of carbonyl (C=O) groups is 2. The highest BCUT2D eigenvalue weighted by Crippen LogP contribution is 2.25. The van der Waals surface area contributed by atoms with Gasteiger partial charge in [0.2, 0.25) is 0 Å². The van der Waals surface area contributed by atoms with E-state index in [0.29, 0.717) is 25.9 Å². The molecule has 0 radical (unpaired) electrons. The van der Waals surface area contributed by atoms with Gasteiger partial charge >= 0.3 is 0 Å². The highest BCUT2D eigenvalue weighted by atomic mass is 16.5. The van der Waals surface area contributed by atoms with Crippen molar-refractivity contribution in [1.29, 1.82) is 0 Å². The number of unbranched alkanes of at least 4 members (excludes halogenated alkanes) is 26. The van der Waals surface area contributed by atoms with Crippen LogP contribution in [0.5, 0.6) is 0 Å². The molecule has 0 saturated heterocycles. The average molecular weight is 789 g/mol. The lowest BCUT2D eigenvalue weighted by molar-refractivity contribution is -0.139. The lowest BCUT2D eigenvalue weighted by atomic mass is 9.92. The monoisotopic (exact) mass is 789 g/mol. The molecule has 2 unspecified atom stereocenters. The maximum Gasteiger partial charge on any atom is 0.258 e. The van der Waals surface area contributed by atoms with Crippen LogP contribution in [-0.2, 0) is 19.1 Å². The van der Waals surface area contributed by atoms with Crippen LogP contribution in [0.4, 0.5) is 0 Å². The Balaban J connectivity index is 2.70. The van der Waals surface area contributed by atoms with Crippen LogP contribution >= 0.6 is 0 Å². The van der Waals surface area contributed by atoms with Gasteiger partial charge in [-0.1, -0.05) is 181 Å². The fourth-order valence-electron chi connectivity index (χ4n) is 7.88. The van der Waals surface area contributed by atoms with E-state index in [4.69, 9.17) is 19.5 Å². The van der Waals surface area contributed by atoms with Crippen LogP contribution in [0.15, 0.2) is 9.98 Å². The largest absolute Gasteiger partial charge is 0.363 e. The van der Waals surface area contributed by atoms with Gasteiger partial charge in [0.15, 0.2) is 11.2 Å². The van der Waals surface area contributed by atoms with Crippen LogP contribution in [0.25, 0.3) is 0 Å². The Kier molecular flexibility index (Phi) is 29.1. The maximum atomic E-state index is 14.0. The van der Waals surface area contributed by atoms with E-state index in [2.05, 4.69) is 24.5 Å². The third-order valence-electron chi connectivity index (χ3n) is 11.8. The summed E-state index contributed by atoms with van der Waals surface area (Å²) in [6.07, 6.45) is 40.3. The van der Waals surface area contributed by atoms with Gasteiger partial charge in [-0.25, -0.2) is 0 Å². The molecule has 0 aromatic rings. The molecule has 1 rings (SSSR count). The minimum Gasteiger partial charge on any atom is -0.363 e. The zero-order valence-corrected chi connectivity index (χ0v) is 38.3. The van der Waals surface area contributed by atoms with Crippen molar-refractivity contribution < 1.29 is 19.1 Å². The van der Waals surface area contributed by atoms with Gasteiger partial charge in [0, 0.05) is 26.6 Å². The summed E-state index contributed by atoms with van der Waals surface area (Å²) in [5.41, 5.74) is -3.72. The Morgan fingerprint density at radius 2 is 0.679 bits per heavy atom. The molecule has 0 aromatic heterocycles. The van der Waals surface area contributed by atoms with Crippen LogP contribution in [0.1, 0.15) is 234 Å². The zero-order valence-electron chi connectivity index (χ0n) is 38.3. The second kappa shape index (κ2) is 31.2. The van der Waals surface area contributed by atoms with E-state index in [9.17, 15) is 9.59 Å². The van der Waals surface area contributed by atoms with Crippen LogP contribution in [-0.4, -0.2) is 73.8 Å². The molecule has 8 heteroatoms. The fraction of sp³-hybridized carbons (Fsp3) is 0.917. The predicted molar refractivity (Wildman–Crippen MR) is 240 cm³/mol. The van der Waals surface area contributed by atoms with Crippen LogP contribution in [0.2, 0.25) is 0 Å². The number of ether oxygens (including phenoxy) is 2. The lowest BCUT2D eigenvalue weighted by Gasteiger charge is -2.35. The molecular formula is C48H92N4O4. The van der Waals surface area contributed by atoms with Crippen molar-refractivity contribution in [1.82, 2.24) is 10.6 Å². The number of amides is 2. The molecule has 328 valence electrons. The summed E-state index contributed by atoms with van der Waals surface area (Å²) in [5.74, 6) is -0.393. The van der Waals surface area contributed by atoms with Crippen LogP contribution < -0.4 is 10.6 Å². The zero-order chi connectivity index (χ0) is 41.4. The van der Waals surface area contributed by atoms with Crippen LogP contribution in [0, 0.1) is 0 Å². The number of rotatable bonds is 32. The standard InChI is InChI=1S/C48H92N4O4/c1-9-11-13-15-17-19-21-23-25-27-29-31-33-35-37-47(55-7)41-49-39-46(5,6)52-44(54)48(56-8,42-50-40-45(3,4)51-43(47)53)38-36-34-32-30-28-26-24-22-20-18-16-14-12-10-2/h41-42H,9-40H2,1-8H3,(H,51,53)(H,52,54). The van der Waals surface area contributed by atoms with Gasteiger partial charge in [-0.2, -0.15) is 0 Å². The highest BCUT2D eigenvalue weighted by Gasteiger charge is 2.42. The van der Waals surface area contributed by atoms with E-state index in [1.54, 1.807) is 26.6 Å². The normalized spacial score (nSPS) is 21.5. The number of nitrogens with one attached hydrogen (secondary N) is 2. The summed E-state index contributed by atoms with van der Waals surface area (Å²) in [7, 11) is 3.20. The van der Waals surface area contributed by atoms with E-state index in [1.165, 1.54) is 141 Å². The van der Waals surface area contributed by atoms with Crippen molar-refractivity contribution in [3.63, 3.8) is 0 Å². The highest BCUT2D eigenvalue weighted by molar-refractivity contribution is 6.03. The molecule has 0 aromatic carbocycles. The van der Waals surface area contributed by atoms with Crippen molar-refractivity contribution in [2.75, 3.05) is 27.3 Å². The molecule has 1 aliphatic heterocycles. The van der Waals surface area contributed by atoms with E-state index in [1.807, 2.05) is 27.7 Å². The smallest absolute Gasteiger partial charge is 0.258 e. The summed E-state index contributed by atoms with van der Waals surface area (Å²) in [6.45, 7) is 13.0. The number of aliphatic imine (C=N–C) groups is 2. The first-order valence-electron chi connectivity index (χ1n) is 23.7. The summed E-state index contributed by atoms with van der Waals surface area (Å²) in [5, 5.41) is 6.43. The van der Waals surface area contributed by atoms with E-state index < -0.39 is 22.3 Å². The van der Waals surface area contributed by atoms with Crippen molar-refractivity contribution in [2.24, 2.45) is 9.98 Å². The van der Waals surface area contributed by atoms with Crippen molar-refractivity contribution in [3.05, 3.63) is 0 Å². The number of nitrogens with zero attached hydrogens (tertiary/aromatic N) is 2. The third-order valence-corrected chi connectivity index (χ3v) is 11.8. The number of carbonyl (C=O) groups excluding carboxylic acids is 2. The molecular weight excluding hydrogens is 697 g/mol. The molecule has 0 fully saturated rings. The Hall–Kier alpha value is -1.80. The first-order valence-corrected chi connectivity index (χ1v) is 23.7. The molecule has 1 heterocycles. The van der Waals surface area contributed by atoms with Gasteiger partial charge in [0.25, 0.3) is 11.8 Å². The van der Waals surface area contributed by atoms with Crippen molar-refractivity contribution >= 4 is 24.2 Å². The van der Waals surface area contributed by atoms with Crippen molar-refractivity contribution in [3.8, 4) is 0 Å². The third kappa shape index (κ3) is 23.6. The molecule has 56 heavy (non-hydrogen) atoms. The van der Waals surface area contributed by atoms with E-state index >= 15 is 0 Å². The van der Waals surface area contributed by atoms with Crippen molar-refractivity contribution in [2.45, 2.75) is 256 Å². The van der Waals surface area contributed by atoms with E-state index in [0.717, 1.165) is 38.5 Å². The minimum atomic E-state index is -1.19. The van der Waals surface area contributed by atoms with E-state index in [-0.39, 0.29) is 11.8 Å². The molecule has 8 nitrogen and oxygen atoms in total. The topological polar surface area (TPSA) is 101 Å². The molecule has 0 bridgehead atoms. The first-order chi connectivity index (χ1) is 26.9. The molecule has 2 amide bonds. The number of hydrogen-bond donors (Lipinski definition) is 2. The second-order valence-corrected chi connectivity index (χ2v) is 18.5. The fourth-order valence-corrected chi connectivity index (χ4v) is 7.88. The number of hydrogen-bond acceptors (Lipinski definition) is 6. The number of methoxy groups -OCH3 is 2. The van der Waals surface area contributed by atoms with Crippen LogP contribution in [0.3, 0.4) is 0 Å². The molecule has 0 saturated carbocycles. The van der Waals surface area contributed by atoms with Gasteiger partial charge < -0.3 is 20.1 Å². The molecule has 0 spiro atoms. The summed E-state index contributed by atoms with van der Waals surface area (Å²) in [4.78, 5) is 37.5. The molecule has 0 aliphatic carbocycles. The Morgan fingerprint density at radius 1 is 0.446 bits per heavy atom. The Labute approximate surface area is 346 Å². The quantitative estimate of drug-likeness (QED) is 0.0663. The predicted octanol–water partition coefficient (Wildman–Crippen LogP) is 12.4. The molecule has 2 N–H and O–H groups in total. The minimum absolute atomic E-state index is 0.196. The SMILES string of the molecule is CCCCCCCCCCCCCCCCC1(OC)C=NCC(C)(C)NC(=O)C(CCCCCCCCCCCCCCCC)(OC)C=NCC(C)(C)NC1=O. The molecule has 1 aliphatic rings. The summed E-state index contributed by atoms with van der Waals surface area (Å²) >= 11 is 0. The summed E-state index contributed by atoms with van der Waals surface area (Å²) < 4.78 is 12.0. The maximum absolute atomic E-state index is 14.0. The lowest BCUT2D eigenvalue weighted by Crippen LogP contribution is -2.59. The first kappa shape index (κ1) is 52.2. The second-order valence-electron chi connectivity index (χ2n) is 18.5. The summed E-state index contributed by atoms with van der Waals surface area (Å²) in [6, 6.07) is 0. The van der Waals surface area contributed by atoms with Gasteiger partial charge in [-0.05, 0) is 53.4 Å².